The van der Waals surface area contributed by atoms with Gasteiger partial charge in [0.25, 0.3) is 0 Å². The van der Waals surface area contributed by atoms with E-state index in [0.717, 1.165) is 73.3 Å². The molecule has 2 aromatic heterocycles. The maximum atomic E-state index is 14.6. The molecule has 564 valence electrons. The van der Waals surface area contributed by atoms with Crippen LogP contribution in [0.3, 0.4) is 0 Å². The average molecular weight is 1450 g/mol. The summed E-state index contributed by atoms with van der Waals surface area (Å²) in [7, 11) is 3.20. The van der Waals surface area contributed by atoms with Crippen LogP contribution in [0.15, 0.2) is 133 Å². The zero-order valence-electron chi connectivity index (χ0n) is 62.8. The van der Waals surface area contributed by atoms with E-state index in [2.05, 4.69) is 22.8 Å². The Morgan fingerprint density at radius 2 is 0.915 bits per heavy atom. The monoisotopic (exact) mass is 1450 g/mol. The van der Waals surface area contributed by atoms with Crippen LogP contribution >= 0.6 is 0 Å². The molecule has 106 heavy (non-hydrogen) atoms. The Hall–Kier alpha value is -9.86. The topological polar surface area (TPSA) is 267 Å². The van der Waals surface area contributed by atoms with Gasteiger partial charge in [-0.3, -0.25) is 28.8 Å². The van der Waals surface area contributed by atoms with Gasteiger partial charge >= 0.3 is 23.9 Å². The molecular weight excluding hydrogens is 1350 g/mol. The lowest BCUT2D eigenvalue weighted by atomic mass is 9.95. The second-order valence-corrected chi connectivity index (χ2v) is 30.6. The minimum absolute atomic E-state index is 0.0987. The summed E-state index contributed by atoms with van der Waals surface area (Å²) in [5.41, 5.74) is 0.730. The molecule has 6 aromatic rings. The largest absolute Gasteiger partial charge is 0.497 e. The number of hydrogen-bond acceptors (Lipinski definition) is 18. The number of ether oxygens (including phenoxy) is 8. The maximum Gasteiger partial charge on any atom is 0.332 e. The van der Waals surface area contributed by atoms with Crippen LogP contribution in [0, 0.1) is 23.7 Å². The van der Waals surface area contributed by atoms with Gasteiger partial charge in [-0.05, 0) is 131 Å². The smallest absolute Gasteiger partial charge is 0.332 e. The number of fused-ring (bicyclic) bond motifs is 6. The van der Waals surface area contributed by atoms with Crippen LogP contribution in [0.25, 0.3) is 44.3 Å². The van der Waals surface area contributed by atoms with E-state index in [1.807, 2.05) is 121 Å². The molecule has 22 heteroatoms. The number of aromatic nitrogens is 2. The second-order valence-electron chi connectivity index (χ2n) is 30.6. The molecule has 0 radical (unpaired) electrons. The minimum atomic E-state index is -1.20. The standard InChI is InChI=1S/2C42H51N3O8/c2*1-6-51-40(49)42-25-29(42)18-14-9-7-8-11-17-28(21-37(46)53-41(2,3)4)39(48)45-26-31(23-35(45)38(47)44-42)52-36-24-33(27-15-12-10-13-16-27)43-34-22-30(50-5)19-20-32(34)36/h2*10,12-16,18-20,22,24,28-29,31,35H,6-9,11,17,21,23,25-26H2,1-5H3,(H,44,47)/b2*18-14-/t28-,29+,31-,35+,42+;28-,29-,31-,35+,42-/m11/s1. The molecule has 4 fully saturated rings. The van der Waals surface area contributed by atoms with Crippen LogP contribution < -0.4 is 29.6 Å². The summed E-state index contributed by atoms with van der Waals surface area (Å²) in [6, 6.07) is 32.5. The number of nitrogens with zero attached hydrogens (tertiary/aromatic N) is 4. The SMILES string of the molecule is CCOC(=O)[C@@]12C[C@H]1/C=C\CCCCC[C@H](CC(=O)OC(C)(C)C)C(=O)N1C[C@H](Oc3cc(-c4ccccc4)nc4cc(OC)ccc34)C[C@H]1C(=O)N2.CCOC(=O)[C@]12C[C@@H]1/C=C\CCCCC[C@H](CC(=O)OC(C)(C)C)C(=O)N1C[C@H](Oc3cc(-c4ccccc4)nc4cc(OC)ccc34)C[C@H]1C(=O)N2. The van der Waals surface area contributed by atoms with Crippen molar-refractivity contribution in [3.63, 3.8) is 0 Å². The summed E-state index contributed by atoms with van der Waals surface area (Å²) in [4.78, 5) is 124. The Labute approximate surface area is 621 Å². The van der Waals surface area contributed by atoms with E-state index in [1.165, 1.54) is 0 Å². The van der Waals surface area contributed by atoms with E-state index >= 15 is 0 Å². The van der Waals surface area contributed by atoms with Gasteiger partial charge < -0.3 is 58.3 Å². The molecule has 2 N–H and O–H groups in total. The van der Waals surface area contributed by atoms with Crippen molar-refractivity contribution in [1.29, 1.82) is 0 Å². The second kappa shape index (κ2) is 33.7. The van der Waals surface area contributed by atoms with Gasteiger partial charge in [0.1, 0.15) is 69.6 Å². The van der Waals surface area contributed by atoms with E-state index in [-0.39, 0.29) is 75.6 Å². The van der Waals surface area contributed by atoms with Gasteiger partial charge in [0.2, 0.25) is 23.6 Å². The summed E-state index contributed by atoms with van der Waals surface area (Å²) in [6.45, 7) is 14.8. The van der Waals surface area contributed by atoms with Crippen molar-refractivity contribution in [3.8, 4) is 45.5 Å². The zero-order chi connectivity index (χ0) is 75.5. The molecular formula is C84H102N6O16. The molecule has 6 aliphatic rings. The van der Waals surface area contributed by atoms with Gasteiger partial charge in [-0.25, -0.2) is 19.6 Å². The van der Waals surface area contributed by atoms with Crippen LogP contribution in [-0.2, 0) is 57.3 Å². The summed E-state index contributed by atoms with van der Waals surface area (Å²) in [6.07, 6.45) is 15.5. The third-order valence-corrected chi connectivity index (χ3v) is 20.3. The van der Waals surface area contributed by atoms with E-state index in [1.54, 1.807) is 79.4 Å². The molecule has 0 unspecified atom stereocenters. The molecule has 2 saturated heterocycles. The van der Waals surface area contributed by atoms with Gasteiger partial charge in [0.05, 0.1) is 75.8 Å². The van der Waals surface area contributed by atoms with Gasteiger partial charge in [-0.2, -0.15) is 0 Å². The average Bonchev–Trinajstić information content (AvgIpc) is 1.59. The van der Waals surface area contributed by atoms with Crippen molar-refractivity contribution < 1.29 is 76.3 Å². The number of carbonyl (C=O) groups excluding carboxylic acids is 8. The molecule has 2 saturated carbocycles. The zero-order valence-corrected chi connectivity index (χ0v) is 62.8. The molecule has 22 nitrogen and oxygen atoms in total. The first-order valence-electron chi connectivity index (χ1n) is 37.6. The fourth-order valence-electron chi connectivity index (χ4n) is 14.9. The highest BCUT2D eigenvalue weighted by Gasteiger charge is 2.63. The van der Waals surface area contributed by atoms with Gasteiger partial charge in [0.15, 0.2) is 0 Å². The maximum absolute atomic E-state index is 14.6. The number of amides is 4. The van der Waals surface area contributed by atoms with Crippen molar-refractivity contribution in [1.82, 2.24) is 30.4 Å². The number of carbonyl (C=O) groups is 8. The highest BCUT2D eigenvalue weighted by atomic mass is 16.6. The van der Waals surface area contributed by atoms with Gasteiger partial charge in [-0.15, -0.1) is 0 Å². The predicted octanol–water partition coefficient (Wildman–Crippen LogP) is 13.1. The predicted molar refractivity (Wildman–Crippen MR) is 400 cm³/mol. The number of benzene rings is 4. The highest BCUT2D eigenvalue weighted by molar-refractivity contribution is 5.98. The molecule has 12 rings (SSSR count). The molecule has 10 atom stereocenters. The van der Waals surface area contributed by atoms with E-state index < -0.39 is 94.1 Å². The number of methoxy groups -OCH3 is 2. The van der Waals surface area contributed by atoms with Gasteiger partial charge in [0, 0.05) is 82.7 Å². The van der Waals surface area contributed by atoms with Crippen LogP contribution in [0.2, 0.25) is 0 Å². The summed E-state index contributed by atoms with van der Waals surface area (Å²) >= 11 is 0. The Morgan fingerprint density at radius 1 is 0.519 bits per heavy atom. The quantitative estimate of drug-likeness (QED) is 0.0518. The molecule has 0 bridgehead atoms. The van der Waals surface area contributed by atoms with Crippen molar-refractivity contribution >= 4 is 69.3 Å². The minimum Gasteiger partial charge on any atom is -0.497 e. The number of hydrogen-bond donors (Lipinski definition) is 2. The van der Waals surface area contributed by atoms with Crippen molar-refractivity contribution in [2.24, 2.45) is 23.7 Å². The van der Waals surface area contributed by atoms with Crippen LogP contribution in [0.5, 0.6) is 23.0 Å². The number of rotatable bonds is 16. The Morgan fingerprint density at radius 3 is 1.28 bits per heavy atom. The molecule has 4 aliphatic heterocycles. The molecule has 4 amide bonds. The van der Waals surface area contributed by atoms with Gasteiger partial charge in [-0.1, -0.05) is 111 Å². The van der Waals surface area contributed by atoms with E-state index in [0.29, 0.717) is 71.1 Å². The summed E-state index contributed by atoms with van der Waals surface area (Å²) < 4.78 is 46.6. The fourth-order valence-corrected chi connectivity index (χ4v) is 14.9. The Kier molecular flexibility index (Phi) is 24.6. The molecule has 2 aliphatic carbocycles. The summed E-state index contributed by atoms with van der Waals surface area (Å²) in [5, 5.41) is 7.56. The summed E-state index contributed by atoms with van der Waals surface area (Å²) in [5.74, 6) is -2.77. The van der Waals surface area contributed by atoms with Crippen molar-refractivity contribution in [2.45, 2.75) is 205 Å². The number of esters is 4. The fraction of sp³-hybridized carbons (Fsp3) is 0.500. The van der Waals surface area contributed by atoms with Crippen LogP contribution in [0.1, 0.15) is 158 Å². The van der Waals surface area contributed by atoms with Crippen molar-refractivity contribution in [2.75, 3.05) is 40.5 Å². The lowest BCUT2D eigenvalue weighted by molar-refractivity contribution is -0.159. The first kappa shape index (κ1) is 77.2. The Balaban J connectivity index is 0.000000212. The third kappa shape index (κ3) is 18.9. The van der Waals surface area contributed by atoms with Crippen molar-refractivity contribution in [3.05, 3.63) is 133 Å². The molecule has 0 spiro atoms. The number of nitrogens with one attached hydrogen (secondary N) is 2. The van der Waals surface area contributed by atoms with Crippen LogP contribution in [0.4, 0.5) is 0 Å². The van der Waals surface area contributed by atoms with E-state index in [4.69, 9.17) is 47.9 Å². The lowest BCUT2D eigenvalue weighted by Gasteiger charge is -2.29. The number of pyridine rings is 2. The Bertz CT molecular complexity index is 3980. The van der Waals surface area contributed by atoms with E-state index in [9.17, 15) is 38.4 Å². The normalized spacial score (nSPS) is 25.6. The van der Waals surface area contributed by atoms with Crippen LogP contribution in [-0.4, -0.2) is 154 Å². The first-order valence-corrected chi connectivity index (χ1v) is 37.6. The first-order chi connectivity index (χ1) is 50.8. The highest BCUT2D eigenvalue weighted by Crippen LogP contribution is 2.48. The molecule has 6 heterocycles. The number of allylic oxidation sites excluding steroid dienone is 2. The molecule has 4 aromatic carbocycles. The lowest BCUT2D eigenvalue weighted by Crippen LogP contribution is -2.54. The third-order valence-electron chi connectivity index (χ3n) is 20.3.